The van der Waals surface area contributed by atoms with Gasteiger partial charge in [0.05, 0.1) is 0 Å². The second kappa shape index (κ2) is 4.15. The van der Waals surface area contributed by atoms with Gasteiger partial charge in [-0.3, -0.25) is 0 Å². The van der Waals surface area contributed by atoms with E-state index < -0.39 is 0 Å². The van der Waals surface area contributed by atoms with Gasteiger partial charge >= 0.3 is 0 Å². The quantitative estimate of drug-likeness (QED) is 0.835. The summed E-state index contributed by atoms with van der Waals surface area (Å²) in [5.74, 6) is 0. The maximum atomic E-state index is 3.69. The maximum Gasteiger partial charge on any atom is 0.0304 e. The van der Waals surface area contributed by atoms with E-state index in [2.05, 4.69) is 45.1 Å². The monoisotopic (exact) mass is 237 g/mol. The van der Waals surface area contributed by atoms with Crippen LogP contribution in [0.15, 0.2) is 12.1 Å². The molecule has 1 aliphatic rings. The van der Waals surface area contributed by atoms with Crippen molar-refractivity contribution in [1.82, 2.24) is 5.32 Å². The Balaban J connectivity index is 1.93. The van der Waals surface area contributed by atoms with Gasteiger partial charge in [-0.2, -0.15) is 0 Å². The average Bonchev–Trinajstić information content (AvgIpc) is 2.59. The Kier molecular flexibility index (Phi) is 3.15. The number of nitrogens with one attached hydrogen (secondary N) is 1. The second-order valence-electron chi connectivity index (χ2n) is 6.28. The van der Waals surface area contributed by atoms with Crippen LogP contribution >= 0.6 is 11.3 Å². The van der Waals surface area contributed by atoms with Crippen molar-refractivity contribution < 1.29 is 0 Å². The van der Waals surface area contributed by atoms with Crippen LogP contribution in [0.5, 0.6) is 0 Å². The summed E-state index contributed by atoms with van der Waals surface area (Å²) in [7, 11) is 0. The topological polar surface area (TPSA) is 12.0 Å². The van der Waals surface area contributed by atoms with Gasteiger partial charge in [0.25, 0.3) is 0 Å². The second-order valence-corrected chi connectivity index (χ2v) is 7.45. The molecule has 1 fully saturated rings. The molecule has 0 aliphatic heterocycles. The van der Waals surface area contributed by atoms with E-state index >= 15 is 0 Å². The van der Waals surface area contributed by atoms with Crippen LogP contribution in [0.25, 0.3) is 0 Å². The van der Waals surface area contributed by atoms with Gasteiger partial charge in [0.2, 0.25) is 0 Å². The zero-order chi connectivity index (χ0) is 11.8. The predicted octanol–water partition coefficient (Wildman–Crippen LogP) is 4.08. The van der Waals surface area contributed by atoms with Crippen LogP contribution in [-0.4, -0.2) is 5.54 Å². The molecule has 2 rings (SSSR count). The van der Waals surface area contributed by atoms with Gasteiger partial charge in [-0.15, -0.1) is 11.3 Å². The molecule has 2 heteroatoms. The van der Waals surface area contributed by atoms with E-state index in [4.69, 9.17) is 0 Å². The SMILES string of the molecule is CC1(NCc2ccc(C(C)(C)C)s2)CCC1. The molecule has 0 bridgehead atoms. The third-order valence-electron chi connectivity index (χ3n) is 3.55. The van der Waals surface area contributed by atoms with Crippen molar-refractivity contribution in [2.75, 3.05) is 0 Å². The zero-order valence-electron chi connectivity index (χ0n) is 10.9. The molecule has 0 saturated heterocycles. The van der Waals surface area contributed by atoms with Crippen LogP contribution in [0.3, 0.4) is 0 Å². The number of thiophene rings is 1. The Morgan fingerprint density at radius 3 is 2.44 bits per heavy atom. The molecule has 0 atom stereocenters. The largest absolute Gasteiger partial charge is 0.307 e. The molecule has 16 heavy (non-hydrogen) atoms. The van der Waals surface area contributed by atoms with Crippen molar-refractivity contribution in [1.29, 1.82) is 0 Å². The predicted molar refractivity (Wildman–Crippen MR) is 72.1 cm³/mol. The number of rotatable bonds is 3. The minimum Gasteiger partial charge on any atom is -0.307 e. The van der Waals surface area contributed by atoms with Gasteiger partial charge in [0.15, 0.2) is 0 Å². The molecule has 0 spiro atoms. The molecule has 1 aliphatic carbocycles. The van der Waals surface area contributed by atoms with Gasteiger partial charge in [-0.25, -0.2) is 0 Å². The lowest BCUT2D eigenvalue weighted by molar-refractivity contribution is 0.207. The Morgan fingerprint density at radius 2 is 2.00 bits per heavy atom. The fourth-order valence-corrected chi connectivity index (χ4v) is 3.07. The Labute approximate surface area is 103 Å². The Morgan fingerprint density at radius 1 is 1.31 bits per heavy atom. The lowest BCUT2D eigenvalue weighted by Crippen LogP contribution is -2.47. The summed E-state index contributed by atoms with van der Waals surface area (Å²) in [6.07, 6.45) is 4.07. The van der Waals surface area contributed by atoms with Crippen molar-refractivity contribution in [3.05, 3.63) is 21.9 Å². The van der Waals surface area contributed by atoms with Gasteiger partial charge in [-0.1, -0.05) is 20.8 Å². The molecule has 1 nitrogen and oxygen atoms in total. The highest BCUT2D eigenvalue weighted by molar-refractivity contribution is 7.12. The first-order valence-corrected chi connectivity index (χ1v) is 7.05. The van der Waals surface area contributed by atoms with Crippen molar-refractivity contribution in [2.45, 2.75) is 64.5 Å². The lowest BCUT2D eigenvalue weighted by Gasteiger charge is -2.39. The van der Waals surface area contributed by atoms with Gasteiger partial charge in [0.1, 0.15) is 0 Å². The molecule has 1 N–H and O–H groups in total. The summed E-state index contributed by atoms with van der Waals surface area (Å²) in [4.78, 5) is 2.96. The molecule has 1 saturated carbocycles. The van der Waals surface area contributed by atoms with E-state index in [1.165, 1.54) is 29.0 Å². The van der Waals surface area contributed by atoms with Crippen molar-refractivity contribution in [3.63, 3.8) is 0 Å². The average molecular weight is 237 g/mol. The highest BCUT2D eigenvalue weighted by Crippen LogP contribution is 2.33. The molecule has 0 amide bonds. The van der Waals surface area contributed by atoms with Crippen LogP contribution in [0.1, 0.15) is 56.7 Å². The normalized spacial score (nSPS) is 19.5. The minimum atomic E-state index is 0.295. The highest BCUT2D eigenvalue weighted by Gasteiger charge is 2.30. The van der Waals surface area contributed by atoms with E-state index in [0.717, 1.165) is 6.54 Å². The third kappa shape index (κ3) is 2.67. The van der Waals surface area contributed by atoms with Crippen LogP contribution in [0, 0.1) is 0 Å². The fraction of sp³-hybridized carbons (Fsp3) is 0.714. The standard InChI is InChI=1S/C14H23NS/c1-13(2,3)12-7-6-11(16-12)10-15-14(4)8-5-9-14/h6-7,15H,5,8-10H2,1-4H3. The molecule has 0 radical (unpaired) electrons. The number of hydrogen-bond donors (Lipinski definition) is 1. The fourth-order valence-electron chi connectivity index (χ4n) is 2.06. The van der Waals surface area contributed by atoms with E-state index in [1.807, 2.05) is 11.3 Å². The van der Waals surface area contributed by atoms with Crippen LogP contribution in [0.4, 0.5) is 0 Å². The summed E-state index contributed by atoms with van der Waals surface area (Å²) in [5, 5.41) is 3.69. The Bertz CT molecular complexity index is 355. The summed E-state index contributed by atoms with van der Waals surface area (Å²) in [6, 6.07) is 4.56. The molecule has 90 valence electrons. The molecule has 1 aromatic rings. The molecule has 0 aromatic carbocycles. The van der Waals surface area contributed by atoms with Crippen molar-refractivity contribution >= 4 is 11.3 Å². The van der Waals surface area contributed by atoms with E-state index in [0.29, 0.717) is 11.0 Å². The Hall–Kier alpha value is -0.340. The van der Waals surface area contributed by atoms with Crippen molar-refractivity contribution in [3.8, 4) is 0 Å². The molecule has 0 unspecified atom stereocenters. The first kappa shape index (κ1) is 12.1. The molecule has 1 aromatic heterocycles. The summed E-state index contributed by atoms with van der Waals surface area (Å²) in [6.45, 7) is 10.2. The summed E-state index contributed by atoms with van der Waals surface area (Å²) in [5.41, 5.74) is 0.717. The maximum absolute atomic E-state index is 3.69. The van der Waals surface area contributed by atoms with E-state index in [9.17, 15) is 0 Å². The smallest absolute Gasteiger partial charge is 0.0304 e. The number of hydrogen-bond acceptors (Lipinski definition) is 2. The molecule has 1 heterocycles. The van der Waals surface area contributed by atoms with Crippen LogP contribution in [0.2, 0.25) is 0 Å². The third-order valence-corrected chi connectivity index (χ3v) is 5.06. The van der Waals surface area contributed by atoms with Crippen molar-refractivity contribution in [2.24, 2.45) is 0 Å². The zero-order valence-corrected chi connectivity index (χ0v) is 11.7. The van der Waals surface area contributed by atoms with Gasteiger partial charge in [-0.05, 0) is 43.7 Å². The lowest BCUT2D eigenvalue weighted by atomic mass is 9.78. The van der Waals surface area contributed by atoms with Gasteiger partial charge in [0, 0.05) is 21.8 Å². The molecular formula is C14H23NS. The van der Waals surface area contributed by atoms with E-state index in [-0.39, 0.29) is 0 Å². The first-order valence-electron chi connectivity index (χ1n) is 6.23. The first-order chi connectivity index (χ1) is 7.39. The summed E-state index contributed by atoms with van der Waals surface area (Å²) < 4.78 is 0. The van der Waals surface area contributed by atoms with Crippen LogP contribution < -0.4 is 5.32 Å². The van der Waals surface area contributed by atoms with Crippen LogP contribution in [-0.2, 0) is 12.0 Å². The van der Waals surface area contributed by atoms with Gasteiger partial charge < -0.3 is 5.32 Å². The highest BCUT2D eigenvalue weighted by atomic mass is 32.1. The minimum absolute atomic E-state index is 0.295. The molecular weight excluding hydrogens is 214 g/mol. The summed E-state index contributed by atoms with van der Waals surface area (Å²) >= 11 is 1.95. The van der Waals surface area contributed by atoms with E-state index in [1.54, 1.807) is 0 Å².